The van der Waals surface area contributed by atoms with Gasteiger partial charge in [-0.1, -0.05) is 31.4 Å². The minimum absolute atomic E-state index is 0.0975. The fourth-order valence-corrected chi connectivity index (χ4v) is 1.91. The second-order valence-electron chi connectivity index (χ2n) is 5.12. The summed E-state index contributed by atoms with van der Waals surface area (Å²) < 4.78 is 0. The molecule has 0 aliphatic rings. The van der Waals surface area contributed by atoms with Crippen LogP contribution < -0.4 is 5.46 Å². The Morgan fingerprint density at radius 1 is 1.38 bits per heavy atom. The molecule has 2 nitrogen and oxygen atoms in total. The van der Waals surface area contributed by atoms with Gasteiger partial charge in [-0.25, -0.2) is 0 Å². The second-order valence-corrected chi connectivity index (χ2v) is 5.12. The molecule has 1 aromatic heterocycles. The highest BCUT2D eigenvalue weighted by Crippen LogP contribution is 2.26. The molecule has 2 N–H and O–H groups in total. The van der Waals surface area contributed by atoms with Crippen LogP contribution in [0.1, 0.15) is 19.4 Å². The highest BCUT2D eigenvalue weighted by molar-refractivity contribution is 6.33. The standard InChI is InChI=1S/C13H16BNO/c1-13(2,8-16)6-9-7-15-12-4-3-10(14)5-11(9)12/h3-5,7,15-16H,6,8H2,1-2H3. The van der Waals surface area contributed by atoms with Crippen LogP contribution in [0, 0.1) is 5.41 Å². The predicted molar refractivity (Wildman–Crippen MR) is 68.3 cm³/mol. The molecule has 82 valence electrons. The zero-order valence-electron chi connectivity index (χ0n) is 9.75. The van der Waals surface area contributed by atoms with Gasteiger partial charge in [0.05, 0.1) is 0 Å². The molecule has 1 aromatic carbocycles. The summed E-state index contributed by atoms with van der Waals surface area (Å²) in [6.07, 6.45) is 2.84. The highest BCUT2D eigenvalue weighted by Gasteiger charge is 2.19. The highest BCUT2D eigenvalue weighted by atomic mass is 16.3. The lowest BCUT2D eigenvalue weighted by Crippen LogP contribution is -2.19. The molecule has 2 rings (SSSR count). The maximum atomic E-state index is 9.28. The number of aliphatic hydroxyl groups is 1. The fraction of sp³-hybridized carbons (Fsp3) is 0.385. The van der Waals surface area contributed by atoms with Gasteiger partial charge in [0, 0.05) is 23.7 Å². The fourth-order valence-electron chi connectivity index (χ4n) is 1.91. The smallest absolute Gasteiger partial charge is 0.113 e. The summed E-state index contributed by atoms with van der Waals surface area (Å²) in [6.45, 7) is 4.29. The van der Waals surface area contributed by atoms with Crippen LogP contribution in [0.4, 0.5) is 0 Å². The lowest BCUT2D eigenvalue weighted by atomic mass is 9.86. The minimum atomic E-state index is -0.0975. The Kier molecular flexibility index (Phi) is 2.81. The number of aliphatic hydroxyl groups excluding tert-OH is 1. The van der Waals surface area contributed by atoms with Crippen LogP contribution in [0.2, 0.25) is 0 Å². The lowest BCUT2D eigenvalue weighted by molar-refractivity contribution is 0.160. The van der Waals surface area contributed by atoms with Crippen molar-refractivity contribution in [2.45, 2.75) is 20.3 Å². The molecule has 16 heavy (non-hydrogen) atoms. The number of benzene rings is 1. The normalized spacial score (nSPS) is 12.2. The molecule has 0 amide bonds. The summed E-state index contributed by atoms with van der Waals surface area (Å²) in [4.78, 5) is 3.22. The van der Waals surface area contributed by atoms with E-state index in [0.29, 0.717) is 0 Å². The van der Waals surface area contributed by atoms with Gasteiger partial charge in [0.25, 0.3) is 0 Å². The summed E-state index contributed by atoms with van der Waals surface area (Å²) in [6, 6.07) is 5.86. The maximum absolute atomic E-state index is 9.28. The number of H-pyrrole nitrogens is 1. The molecule has 0 aliphatic heterocycles. The van der Waals surface area contributed by atoms with Gasteiger partial charge >= 0.3 is 0 Å². The van der Waals surface area contributed by atoms with Gasteiger partial charge in [0.15, 0.2) is 0 Å². The molecule has 3 heteroatoms. The largest absolute Gasteiger partial charge is 0.396 e. The van der Waals surface area contributed by atoms with Crippen LogP contribution in [-0.4, -0.2) is 24.5 Å². The second kappa shape index (κ2) is 3.98. The van der Waals surface area contributed by atoms with E-state index in [-0.39, 0.29) is 12.0 Å². The molecule has 0 fully saturated rings. The molecule has 2 radical (unpaired) electrons. The average Bonchev–Trinajstić information content (AvgIpc) is 2.61. The van der Waals surface area contributed by atoms with Crippen molar-refractivity contribution in [2.24, 2.45) is 5.41 Å². The van der Waals surface area contributed by atoms with Gasteiger partial charge in [-0.2, -0.15) is 0 Å². The Balaban J connectivity index is 2.41. The van der Waals surface area contributed by atoms with Crippen LogP contribution in [0.3, 0.4) is 0 Å². The maximum Gasteiger partial charge on any atom is 0.113 e. The first kappa shape index (κ1) is 11.3. The Morgan fingerprint density at radius 2 is 2.12 bits per heavy atom. The van der Waals surface area contributed by atoms with Crippen LogP contribution >= 0.6 is 0 Å². The molecule has 0 bridgehead atoms. The van der Waals surface area contributed by atoms with Crippen molar-refractivity contribution >= 4 is 24.2 Å². The quantitative estimate of drug-likeness (QED) is 0.745. The van der Waals surface area contributed by atoms with E-state index in [4.69, 9.17) is 7.85 Å². The van der Waals surface area contributed by atoms with Gasteiger partial charge in [-0.05, 0) is 23.5 Å². The molecule has 0 aliphatic carbocycles. The first-order chi connectivity index (χ1) is 7.52. The molecule has 0 saturated heterocycles. The number of hydrogen-bond donors (Lipinski definition) is 2. The monoisotopic (exact) mass is 213 g/mol. The molecule has 0 saturated carbocycles. The van der Waals surface area contributed by atoms with Crippen LogP contribution in [-0.2, 0) is 6.42 Å². The van der Waals surface area contributed by atoms with Crippen molar-refractivity contribution in [2.75, 3.05) is 6.61 Å². The van der Waals surface area contributed by atoms with Crippen molar-refractivity contribution in [3.05, 3.63) is 30.0 Å². The van der Waals surface area contributed by atoms with E-state index in [1.807, 2.05) is 24.4 Å². The first-order valence-electron chi connectivity index (χ1n) is 5.48. The van der Waals surface area contributed by atoms with Gasteiger partial charge in [0.1, 0.15) is 7.85 Å². The molecule has 1 heterocycles. The molecule has 2 aromatic rings. The van der Waals surface area contributed by atoms with Crippen LogP contribution in [0.25, 0.3) is 10.9 Å². The zero-order valence-corrected chi connectivity index (χ0v) is 9.75. The summed E-state index contributed by atoms with van der Waals surface area (Å²) in [7, 11) is 5.78. The van der Waals surface area contributed by atoms with Crippen molar-refractivity contribution < 1.29 is 5.11 Å². The lowest BCUT2D eigenvalue weighted by Gasteiger charge is -2.20. The van der Waals surface area contributed by atoms with E-state index in [1.165, 1.54) is 5.56 Å². The Bertz CT molecular complexity index is 502. The van der Waals surface area contributed by atoms with Crippen LogP contribution in [0.5, 0.6) is 0 Å². The third kappa shape index (κ3) is 2.14. The summed E-state index contributed by atoms with van der Waals surface area (Å²) in [5.74, 6) is 0. The molecular formula is C13H16BNO. The van der Waals surface area contributed by atoms with Crippen molar-refractivity contribution in [1.82, 2.24) is 4.98 Å². The number of rotatable bonds is 3. The van der Waals surface area contributed by atoms with E-state index < -0.39 is 0 Å². The zero-order chi connectivity index (χ0) is 11.8. The Morgan fingerprint density at radius 3 is 2.81 bits per heavy atom. The third-order valence-corrected chi connectivity index (χ3v) is 2.89. The summed E-state index contributed by atoms with van der Waals surface area (Å²) in [5, 5.41) is 10.4. The van der Waals surface area contributed by atoms with E-state index in [2.05, 4.69) is 18.8 Å². The van der Waals surface area contributed by atoms with Gasteiger partial charge in [-0.15, -0.1) is 0 Å². The van der Waals surface area contributed by atoms with E-state index in [1.54, 1.807) is 0 Å². The average molecular weight is 213 g/mol. The topological polar surface area (TPSA) is 36.0 Å². The number of nitrogens with one attached hydrogen (secondary N) is 1. The number of aromatic nitrogens is 1. The van der Waals surface area contributed by atoms with E-state index in [9.17, 15) is 5.11 Å². The minimum Gasteiger partial charge on any atom is -0.396 e. The summed E-state index contributed by atoms with van der Waals surface area (Å²) in [5.41, 5.74) is 2.98. The molecule has 0 unspecified atom stereocenters. The first-order valence-corrected chi connectivity index (χ1v) is 5.48. The molecule has 0 spiro atoms. The SMILES string of the molecule is [B]c1ccc2[nH]cc(CC(C)(C)CO)c2c1. The predicted octanol–water partition coefficient (Wildman–Crippen LogP) is 1.52. The van der Waals surface area contributed by atoms with Gasteiger partial charge in [0.2, 0.25) is 0 Å². The van der Waals surface area contributed by atoms with E-state index in [0.717, 1.165) is 22.8 Å². The van der Waals surface area contributed by atoms with Crippen molar-refractivity contribution in [3.63, 3.8) is 0 Å². The van der Waals surface area contributed by atoms with E-state index >= 15 is 0 Å². The summed E-state index contributed by atoms with van der Waals surface area (Å²) >= 11 is 0. The van der Waals surface area contributed by atoms with Crippen molar-refractivity contribution in [1.29, 1.82) is 0 Å². The third-order valence-electron chi connectivity index (χ3n) is 2.89. The number of aromatic amines is 1. The van der Waals surface area contributed by atoms with Gasteiger partial charge in [-0.3, -0.25) is 0 Å². The van der Waals surface area contributed by atoms with Gasteiger partial charge < -0.3 is 10.1 Å². The Hall–Kier alpha value is -1.22. The molecule has 0 atom stereocenters. The number of fused-ring (bicyclic) bond motifs is 1. The number of hydrogen-bond acceptors (Lipinski definition) is 1. The Labute approximate surface area is 97.1 Å². The van der Waals surface area contributed by atoms with Crippen LogP contribution in [0.15, 0.2) is 24.4 Å². The molecular weight excluding hydrogens is 197 g/mol. The van der Waals surface area contributed by atoms with Crippen molar-refractivity contribution in [3.8, 4) is 0 Å².